The van der Waals surface area contributed by atoms with Crippen LogP contribution in [-0.4, -0.2) is 40.1 Å². The predicted octanol–water partition coefficient (Wildman–Crippen LogP) is 2.39. The Hall–Kier alpha value is -1.49. The molecule has 0 aliphatic rings. The molecule has 21 heavy (non-hydrogen) atoms. The monoisotopic (exact) mass is 314 g/mol. The van der Waals surface area contributed by atoms with Crippen LogP contribution < -0.4 is 0 Å². The third-order valence-corrected chi connectivity index (χ3v) is 2.46. The summed E-state index contributed by atoms with van der Waals surface area (Å²) in [6.45, 7) is 0. The van der Waals surface area contributed by atoms with E-state index >= 15 is 0 Å². The summed E-state index contributed by atoms with van der Waals surface area (Å²) in [6, 6.07) is 2.78. The van der Waals surface area contributed by atoms with Gasteiger partial charge >= 0.3 is 31.0 Å². The maximum absolute atomic E-state index is 12.6. The molecule has 2 aromatic rings. The molecule has 2 rings (SSSR count). The molecule has 0 atom stereocenters. The van der Waals surface area contributed by atoms with Crippen LogP contribution in [-0.2, 0) is 17.4 Å². The average molecular weight is 315 g/mol. The Morgan fingerprint density at radius 3 is 2.52 bits per heavy atom. The molecule has 1 aromatic carbocycles. The number of nitrogens with zero attached hydrogens (tertiary/aromatic N) is 2. The minimum absolute atomic E-state index is 0. The summed E-state index contributed by atoms with van der Waals surface area (Å²) in [6.07, 6.45) is -5.08. The summed E-state index contributed by atoms with van der Waals surface area (Å²) in [4.78, 5) is 10.5. The zero-order valence-electron chi connectivity index (χ0n) is 9.61. The van der Waals surface area contributed by atoms with Crippen LogP contribution >= 0.6 is 11.6 Å². The van der Waals surface area contributed by atoms with Crippen LogP contribution in [0.1, 0.15) is 11.5 Å². The molecule has 0 unspecified atom stereocenters. The van der Waals surface area contributed by atoms with Crippen molar-refractivity contribution in [2.24, 2.45) is 0 Å². The number of hydrogen-bond donors (Lipinski definition) is 1. The third kappa shape index (κ3) is 4.49. The fraction of sp³-hybridized carbons (Fsp3) is 0.182. The van der Waals surface area contributed by atoms with Gasteiger partial charge in [0.1, 0.15) is 6.42 Å². The fourth-order valence-corrected chi connectivity index (χ4v) is 1.68. The van der Waals surface area contributed by atoms with Gasteiger partial charge in [0.25, 0.3) is 0 Å². The number of rotatable bonds is 3. The van der Waals surface area contributed by atoms with Gasteiger partial charge in [-0.3, -0.25) is 4.79 Å². The number of halogens is 4. The van der Waals surface area contributed by atoms with Crippen LogP contribution in [0, 0.1) is 0 Å². The number of carbonyl (C=O) groups is 1. The van der Waals surface area contributed by atoms with Crippen molar-refractivity contribution in [2.45, 2.75) is 12.6 Å². The first-order chi connectivity index (χ1) is 9.25. The van der Waals surface area contributed by atoms with E-state index in [1.54, 1.807) is 0 Å². The van der Waals surface area contributed by atoms with Gasteiger partial charge in [-0.2, -0.15) is 13.2 Å². The second kappa shape index (κ2) is 6.52. The number of benzene rings is 1. The molecule has 0 bridgehead atoms. The Morgan fingerprint density at radius 2 is 1.95 bits per heavy atom. The SMILES string of the molecule is O=C(O)Cc1nnc(-c2cc(Cl)cc(C(F)(F)F)c2)o1.[LiH]. The molecule has 0 amide bonds. The number of carboxylic acid groups (broad SMARTS) is 1. The molecule has 10 heteroatoms. The van der Waals surface area contributed by atoms with Gasteiger partial charge in [-0.25, -0.2) is 0 Å². The van der Waals surface area contributed by atoms with Gasteiger partial charge in [-0.05, 0) is 18.2 Å². The van der Waals surface area contributed by atoms with Crippen molar-refractivity contribution < 1.29 is 27.5 Å². The van der Waals surface area contributed by atoms with Crippen LogP contribution in [0.4, 0.5) is 13.2 Å². The van der Waals surface area contributed by atoms with Crippen molar-refractivity contribution in [1.82, 2.24) is 10.2 Å². The summed E-state index contributed by atoms with van der Waals surface area (Å²) < 4.78 is 42.9. The Morgan fingerprint density at radius 1 is 1.29 bits per heavy atom. The average Bonchev–Trinajstić information content (AvgIpc) is 2.74. The van der Waals surface area contributed by atoms with Crippen molar-refractivity contribution >= 4 is 36.4 Å². The van der Waals surface area contributed by atoms with Crippen molar-refractivity contribution in [3.63, 3.8) is 0 Å². The number of aliphatic carboxylic acids is 1. The number of alkyl halides is 3. The molecule has 0 saturated heterocycles. The van der Waals surface area contributed by atoms with Gasteiger partial charge in [0.2, 0.25) is 11.8 Å². The Labute approximate surface area is 133 Å². The molecule has 0 spiro atoms. The molecule has 5 nitrogen and oxygen atoms in total. The van der Waals surface area contributed by atoms with E-state index in [2.05, 4.69) is 10.2 Å². The van der Waals surface area contributed by atoms with E-state index in [9.17, 15) is 18.0 Å². The minimum atomic E-state index is -4.57. The van der Waals surface area contributed by atoms with Crippen molar-refractivity contribution in [3.05, 3.63) is 34.7 Å². The standard InChI is InChI=1S/C11H6ClF3N2O3.Li.H/c12-7-2-5(1-6(3-7)11(13,14)15)10-17-16-8(20-10)4-9(18)19;;/h1-3H,4H2,(H,18,19);;. The molecule has 1 heterocycles. The topological polar surface area (TPSA) is 76.2 Å². The van der Waals surface area contributed by atoms with E-state index in [0.29, 0.717) is 0 Å². The van der Waals surface area contributed by atoms with Gasteiger partial charge in [-0.15, -0.1) is 10.2 Å². The van der Waals surface area contributed by atoms with Gasteiger partial charge in [0.05, 0.1) is 5.56 Å². The summed E-state index contributed by atoms with van der Waals surface area (Å²) in [5, 5.41) is 15.3. The van der Waals surface area contributed by atoms with Gasteiger partial charge in [0.15, 0.2) is 0 Å². The second-order valence-corrected chi connectivity index (χ2v) is 4.23. The maximum atomic E-state index is 12.6. The van der Waals surface area contributed by atoms with Gasteiger partial charge < -0.3 is 9.52 Å². The molecular weight excluding hydrogens is 308 g/mol. The van der Waals surface area contributed by atoms with E-state index in [1.165, 1.54) is 6.07 Å². The second-order valence-electron chi connectivity index (χ2n) is 3.80. The quantitative estimate of drug-likeness (QED) is 0.880. The summed E-state index contributed by atoms with van der Waals surface area (Å²) in [7, 11) is 0. The molecule has 0 fully saturated rings. The molecule has 0 radical (unpaired) electrons. The third-order valence-electron chi connectivity index (χ3n) is 2.24. The summed E-state index contributed by atoms with van der Waals surface area (Å²) in [5.74, 6) is -1.63. The Kier molecular flexibility index (Phi) is 5.45. The van der Waals surface area contributed by atoms with Crippen molar-refractivity contribution in [3.8, 4) is 11.5 Å². The van der Waals surface area contributed by atoms with E-state index < -0.39 is 24.1 Å². The van der Waals surface area contributed by atoms with E-state index in [4.69, 9.17) is 21.1 Å². The zero-order chi connectivity index (χ0) is 14.9. The number of hydrogen-bond acceptors (Lipinski definition) is 4. The van der Waals surface area contributed by atoms with Gasteiger partial charge in [0, 0.05) is 10.6 Å². The van der Waals surface area contributed by atoms with Crippen molar-refractivity contribution in [1.29, 1.82) is 0 Å². The van der Waals surface area contributed by atoms with E-state index in [-0.39, 0.29) is 41.2 Å². The summed E-state index contributed by atoms with van der Waals surface area (Å²) in [5.41, 5.74) is -0.994. The molecule has 1 N–H and O–H groups in total. The predicted molar refractivity (Wildman–Crippen MR) is 68.2 cm³/mol. The molecule has 0 aliphatic carbocycles. The van der Waals surface area contributed by atoms with Crippen LogP contribution in [0.5, 0.6) is 0 Å². The van der Waals surface area contributed by atoms with Crippen molar-refractivity contribution in [2.75, 3.05) is 0 Å². The first-order valence-electron chi connectivity index (χ1n) is 5.18. The van der Waals surface area contributed by atoms with Gasteiger partial charge in [-0.1, -0.05) is 11.6 Å². The summed E-state index contributed by atoms with van der Waals surface area (Å²) >= 11 is 5.61. The number of carboxylic acids is 1. The zero-order valence-corrected chi connectivity index (χ0v) is 10.4. The first-order valence-corrected chi connectivity index (χ1v) is 5.56. The Balaban J connectivity index is 0.00000220. The molecule has 1 aromatic heterocycles. The molecule has 0 aliphatic heterocycles. The first kappa shape index (κ1) is 17.6. The van der Waals surface area contributed by atoms with Crippen LogP contribution in [0.2, 0.25) is 5.02 Å². The van der Waals surface area contributed by atoms with E-state index in [1.807, 2.05) is 0 Å². The molecule has 108 valence electrons. The Bertz CT molecular complexity index is 660. The van der Waals surface area contributed by atoms with Crippen LogP contribution in [0.3, 0.4) is 0 Å². The normalized spacial score (nSPS) is 11.0. The molecule has 0 saturated carbocycles. The molecular formula is C11H7ClF3LiN2O3. The fourth-order valence-electron chi connectivity index (χ4n) is 1.45. The number of aromatic nitrogens is 2. The van der Waals surface area contributed by atoms with Crippen LogP contribution in [0.15, 0.2) is 22.6 Å². The van der Waals surface area contributed by atoms with E-state index in [0.717, 1.165) is 12.1 Å². The van der Waals surface area contributed by atoms with Crippen LogP contribution in [0.25, 0.3) is 11.5 Å².